The third kappa shape index (κ3) is 4.79. The summed E-state index contributed by atoms with van der Waals surface area (Å²) in [6.45, 7) is 2.78. The third-order valence-corrected chi connectivity index (χ3v) is 3.58. The maximum atomic E-state index is 11.3. The Labute approximate surface area is 103 Å². The van der Waals surface area contributed by atoms with Crippen molar-refractivity contribution in [3.05, 3.63) is 12.3 Å². The van der Waals surface area contributed by atoms with Gasteiger partial charge in [-0.25, -0.2) is 13.6 Å². The smallest absolute Gasteiger partial charge is 0.222 e. The standard InChI is InChI=1S/C11H19N3O2S/c1-2-3-4-5-7-14-10-6-8-13-9-11(10)17(12,15)16/h6,8-9,11H,2-5,7H2,1H3,(H2,12,15,16). The van der Waals surface area contributed by atoms with E-state index in [1.165, 1.54) is 25.3 Å². The average molecular weight is 257 g/mol. The average Bonchev–Trinajstić information content (AvgIpc) is 2.28. The molecule has 0 aromatic rings. The first-order chi connectivity index (χ1) is 8.05. The fourth-order valence-electron chi connectivity index (χ4n) is 1.56. The van der Waals surface area contributed by atoms with Crippen LogP contribution in [0.25, 0.3) is 0 Å². The van der Waals surface area contributed by atoms with Crippen LogP contribution in [0, 0.1) is 0 Å². The highest BCUT2D eigenvalue weighted by atomic mass is 32.2. The summed E-state index contributed by atoms with van der Waals surface area (Å²) in [4.78, 5) is 8.07. The Morgan fingerprint density at radius 2 is 2.18 bits per heavy atom. The molecular weight excluding hydrogens is 238 g/mol. The van der Waals surface area contributed by atoms with Crippen molar-refractivity contribution in [3.63, 3.8) is 0 Å². The maximum absolute atomic E-state index is 11.3. The summed E-state index contributed by atoms with van der Waals surface area (Å²) >= 11 is 0. The van der Waals surface area contributed by atoms with Crippen molar-refractivity contribution >= 4 is 21.9 Å². The lowest BCUT2D eigenvalue weighted by Gasteiger charge is -2.12. The first-order valence-electron chi connectivity index (χ1n) is 5.81. The van der Waals surface area contributed by atoms with Gasteiger partial charge in [0.15, 0.2) is 5.25 Å². The third-order valence-electron chi connectivity index (χ3n) is 2.50. The number of nitrogens with two attached hydrogens (primary N) is 1. The van der Waals surface area contributed by atoms with Crippen molar-refractivity contribution in [2.45, 2.75) is 37.9 Å². The molecule has 0 aromatic carbocycles. The van der Waals surface area contributed by atoms with Gasteiger partial charge >= 0.3 is 0 Å². The number of allylic oxidation sites excluding steroid dienone is 1. The normalized spacial score (nSPS) is 22.2. The molecule has 1 unspecified atom stereocenters. The molecule has 0 aromatic heterocycles. The topological polar surface area (TPSA) is 84.9 Å². The summed E-state index contributed by atoms with van der Waals surface area (Å²) in [6, 6.07) is 0. The zero-order chi connectivity index (χ0) is 12.7. The highest BCUT2D eigenvalue weighted by Crippen LogP contribution is 2.06. The molecule has 6 heteroatoms. The molecule has 0 bridgehead atoms. The van der Waals surface area contributed by atoms with E-state index in [2.05, 4.69) is 16.9 Å². The molecule has 0 fully saturated rings. The van der Waals surface area contributed by atoms with E-state index in [1.54, 1.807) is 6.08 Å². The molecule has 96 valence electrons. The van der Waals surface area contributed by atoms with Crippen LogP contribution in [0.2, 0.25) is 0 Å². The quantitative estimate of drug-likeness (QED) is 0.726. The molecule has 0 amide bonds. The van der Waals surface area contributed by atoms with Crippen LogP contribution >= 0.6 is 0 Å². The molecule has 1 atom stereocenters. The second kappa shape index (κ2) is 6.66. The van der Waals surface area contributed by atoms with E-state index in [9.17, 15) is 8.42 Å². The molecule has 0 saturated heterocycles. The number of unbranched alkanes of at least 4 members (excludes halogenated alkanes) is 3. The Morgan fingerprint density at radius 3 is 2.82 bits per heavy atom. The van der Waals surface area contributed by atoms with E-state index in [4.69, 9.17) is 5.14 Å². The lowest BCUT2D eigenvalue weighted by Crippen LogP contribution is -2.37. The van der Waals surface area contributed by atoms with Crippen molar-refractivity contribution in [1.29, 1.82) is 0 Å². The highest BCUT2D eigenvalue weighted by molar-refractivity contribution is 7.91. The first-order valence-corrected chi connectivity index (χ1v) is 7.42. The van der Waals surface area contributed by atoms with Gasteiger partial charge in [-0.2, -0.15) is 0 Å². The molecule has 0 spiro atoms. The van der Waals surface area contributed by atoms with Crippen LogP contribution in [0.4, 0.5) is 0 Å². The predicted molar refractivity (Wildman–Crippen MR) is 71.0 cm³/mol. The van der Waals surface area contributed by atoms with Gasteiger partial charge in [0, 0.05) is 19.0 Å². The molecule has 5 nitrogen and oxygen atoms in total. The molecule has 0 radical (unpaired) electrons. The SMILES string of the molecule is CCCCCCN=C1C=CN=CC1S(N)(=O)=O. The molecule has 1 rings (SSSR count). The monoisotopic (exact) mass is 257 g/mol. The largest absolute Gasteiger partial charge is 0.288 e. The molecule has 2 N–H and O–H groups in total. The number of aliphatic imine (C=N–C) groups is 2. The fraction of sp³-hybridized carbons (Fsp3) is 0.636. The minimum Gasteiger partial charge on any atom is -0.288 e. The lowest BCUT2D eigenvalue weighted by molar-refractivity contribution is 0.598. The number of hydrogen-bond acceptors (Lipinski definition) is 4. The van der Waals surface area contributed by atoms with Gasteiger partial charge in [-0.05, 0) is 12.5 Å². The van der Waals surface area contributed by atoms with E-state index in [1.807, 2.05) is 0 Å². The maximum Gasteiger partial charge on any atom is 0.222 e. The zero-order valence-corrected chi connectivity index (χ0v) is 10.9. The van der Waals surface area contributed by atoms with Crippen molar-refractivity contribution in [3.8, 4) is 0 Å². The zero-order valence-electron chi connectivity index (χ0n) is 10.0. The molecule has 1 aliphatic heterocycles. The van der Waals surface area contributed by atoms with Gasteiger partial charge in [0.05, 0.1) is 5.71 Å². The fourth-order valence-corrected chi connectivity index (χ4v) is 2.29. The Morgan fingerprint density at radius 1 is 1.41 bits per heavy atom. The van der Waals surface area contributed by atoms with Crippen LogP contribution in [0.5, 0.6) is 0 Å². The van der Waals surface area contributed by atoms with Crippen LogP contribution in [-0.2, 0) is 10.0 Å². The Balaban J connectivity index is 2.58. The van der Waals surface area contributed by atoms with Crippen LogP contribution in [0.3, 0.4) is 0 Å². The molecule has 0 aliphatic carbocycles. The van der Waals surface area contributed by atoms with Crippen molar-refractivity contribution in [2.75, 3.05) is 6.54 Å². The molecule has 17 heavy (non-hydrogen) atoms. The van der Waals surface area contributed by atoms with Gasteiger partial charge in [0.2, 0.25) is 10.0 Å². The van der Waals surface area contributed by atoms with Gasteiger partial charge in [-0.15, -0.1) is 0 Å². The Bertz CT molecular complexity index is 424. The van der Waals surface area contributed by atoms with Crippen molar-refractivity contribution in [1.82, 2.24) is 0 Å². The lowest BCUT2D eigenvalue weighted by atomic mass is 10.2. The van der Waals surface area contributed by atoms with E-state index in [0.717, 1.165) is 12.8 Å². The highest BCUT2D eigenvalue weighted by Gasteiger charge is 2.25. The van der Waals surface area contributed by atoms with E-state index in [-0.39, 0.29) is 0 Å². The van der Waals surface area contributed by atoms with Gasteiger partial charge < -0.3 is 0 Å². The summed E-state index contributed by atoms with van der Waals surface area (Å²) in [5.74, 6) is 0. The first kappa shape index (κ1) is 14.1. The van der Waals surface area contributed by atoms with Crippen LogP contribution in [0.1, 0.15) is 32.6 Å². The Kier molecular flexibility index (Phi) is 5.50. The second-order valence-corrected chi connectivity index (χ2v) is 5.68. The predicted octanol–water partition coefficient (Wildman–Crippen LogP) is 1.26. The van der Waals surface area contributed by atoms with Gasteiger partial charge in [0.25, 0.3) is 0 Å². The van der Waals surface area contributed by atoms with Crippen molar-refractivity contribution in [2.24, 2.45) is 15.1 Å². The van der Waals surface area contributed by atoms with E-state index >= 15 is 0 Å². The Hall–Kier alpha value is -1.01. The van der Waals surface area contributed by atoms with Gasteiger partial charge in [-0.3, -0.25) is 9.98 Å². The molecular formula is C11H19N3O2S. The number of sulfonamides is 1. The van der Waals surface area contributed by atoms with E-state index < -0.39 is 15.3 Å². The number of hydrogen-bond donors (Lipinski definition) is 1. The van der Waals surface area contributed by atoms with Crippen molar-refractivity contribution < 1.29 is 8.42 Å². The number of primary sulfonamides is 1. The minimum atomic E-state index is -3.65. The molecule has 1 heterocycles. The summed E-state index contributed by atoms with van der Waals surface area (Å²) in [6.07, 6.45) is 8.90. The summed E-state index contributed by atoms with van der Waals surface area (Å²) < 4.78 is 22.6. The number of rotatable bonds is 6. The second-order valence-electron chi connectivity index (χ2n) is 3.99. The van der Waals surface area contributed by atoms with Crippen LogP contribution in [-0.4, -0.2) is 32.1 Å². The van der Waals surface area contributed by atoms with E-state index in [0.29, 0.717) is 12.3 Å². The summed E-state index contributed by atoms with van der Waals surface area (Å²) in [5, 5.41) is 4.23. The summed E-state index contributed by atoms with van der Waals surface area (Å²) in [7, 11) is -3.65. The van der Waals surface area contributed by atoms with Gasteiger partial charge in [-0.1, -0.05) is 26.2 Å². The summed E-state index contributed by atoms with van der Waals surface area (Å²) in [5.41, 5.74) is 0.485. The minimum absolute atomic E-state index is 0.485. The van der Waals surface area contributed by atoms with Crippen LogP contribution in [0.15, 0.2) is 22.3 Å². The number of nitrogens with zero attached hydrogens (tertiary/aromatic N) is 2. The molecule has 0 saturated carbocycles. The van der Waals surface area contributed by atoms with Gasteiger partial charge in [0.1, 0.15) is 0 Å². The molecule has 1 aliphatic rings. The van der Waals surface area contributed by atoms with Crippen LogP contribution < -0.4 is 5.14 Å².